The van der Waals surface area contributed by atoms with Gasteiger partial charge in [-0.25, -0.2) is 4.79 Å². The van der Waals surface area contributed by atoms with Crippen molar-refractivity contribution in [3.63, 3.8) is 0 Å². The molecule has 7 heteroatoms. The summed E-state index contributed by atoms with van der Waals surface area (Å²) in [4.78, 5) is 25.0. The van der Waals surface area contributed by atoms with E-state index in [0.717, 1.165) is 10.4 Å². The van der Waals surface area contributed by atoms with Gasteiger partial charge in [0, 0.05) is 4.88 Å². The first-order valence-corrected chi connectivity index (χ1v) is 8.49. The minimum atomic E-state index is -0.443. The molecule has 23 heavy (non-hydrogen) atoms. The van der Waals surface area contributed by atoms with Crippen LogP contribution in [-0.2, 0) is 16.0 Å². The van der Waals surface area contributed by atoms with E-state index in [2.05, 4.69) is 5.32 Å². The Balaban J connectivity index is 2.11. The van der Waals surface area contributed by atoms with Crippen molar-refractivity contribution in [3.8, 4) is 0 Å². The van der Waals surface area contributed by atoms with Crippen LogP contribution in [0.15, 0.2) is 24.3 Å². The molecule has 1 aromatic carbocycles. The van der Waals surface area contributed by atoms with Crippen LogP contribution in [0.3, 0.4) is 0 Å². The second kappa shape index (κ2) is 7.81. The molecule has 0 atom stereocenters. The van der Waals surface area contributed by atoms with Gasteiger partial charge in [-0.2, -0.15) is 0 Å². The summed E-state index contributed by atoms with van der Waals surface area (Å²) in [7, 11) is 0. The lowest BCUT2D eigenvalue weighted by atomic mass is 10.1. The number of carbonyl (C=O) groups is 2. The van der Waals surface area contributed by atoms with Crippen molar-refractivity contribution in [3.05, 3.63) is 50.3 Å². The molecule has 0 bridgehead atoms. The molecular formula is C16H15Cl2NO3S. The number of thiophene rings is 1. The Morgan fingerprint density at radius 3 is 2.61 bits per heavy atom. The van der Waals surface area contributed by atoms with Crippen LogP contribution in [0.4, 0.5) is 5.00 Å². The fourth-order valence-electron chi connectivity index (χ4n) is 1.97. The molecule has 0 unspecified atom stereocenters. The van der Waals surface area contributed by atoms with Gasteiger partial charge in [-0.15, -0.1) is 11.3 Å². The van der Waals surface area contributed by atoms with Crippen LogP contribution in [0.25, 0.3) is 0 Å². The van der Waals surface area contributed by atoms with Gasteiger partial charge in [-0.05, 0) is 37.6 Å². The Labute approximate surface area is 148 Å². The molecule has 1 aromatic heterocycles. The predicted molar refractivity (Wildman–Crippen MR) is 93.8 cm³/mol. The smallest absolute Gasteiger partial charge is 0.341 e. The molecule has 122 valence electrons. The Kier molecular flexibility index (Phi) is 6.04. The van der Waals surface area contributed by atoms with Gasteiger partial charge in [0.25, 0.3) is 0 Å². The molecule has 0 aliphatic carbocycles. The highest BCUT2D eigenvalue weighted by Gasteiger charge is 2.18. The second-order valence-electron chi connectivity index (χ2n) is 4.79. The number of amides is 1. The van der Waals surface area contributed by atoms with Crippen molar-refractivity contribution in [1.82, 2.24) is 0 Å². The highest BCUT2D eigenvalue weighted by atomic mass is 35.5. The summed E-state index contributed by atoms with van der Waals surface area (Å²) >= 11 is 13.1. The Morgan fingerprint density at radius 2 is 1.96 bits per heavy atom. The van der Waals surface area contributed by atoms with Crippen LogP contribution in [0.1, 0.15) is 27.7 Å². The zero-order chi connectivity index (χ0) is 17.0. The van der Waals surface area contributed by atoms with Gasteiger partial charge in [-0.3, -0.25) is 4.79 Å². The summed E-state index contributed by atoms with van der Waals surface area (Å²) in [6.45, 7) is 3.88. The molecule has 0 saturated heterocycles. The predicted octanol–water partition coefficient (Wildman–Crippen LogP) is 4.72. The third-order valence-electron chi connectivity index (χ3n) is 2.95. The summed E-state index contributed by atoms with van der Waals surface area (Å²) in [5.74, 6) is -0.683. The highest BCUT2D eigenvalue weighted by molar-refractivity contribution is 7.16. The standard InChI is InChI=1S/C16H15Cl2NO3S/c1-3-22-16(21)11-6-9(2)23-15(11)19-14(20)8-10-4-5-12(17)13(18)7-10/h4-7H,3,8H2,1-2H3,(H,19,20). The van der Waals surface area contributed by atoms with E-state index in [9.17, 15) is 9.59 Å². The van der Waals surface area contributed by atoms with Gasteiger partial charge < -0.3 is 10.1 Å². The quantitative estimate of drug-likeness (QED) is 0.773. The Hall–Kier alpha value is -1.56. The van der Waals surface area contributed by atoms with Gasteiger partial charge in [0.05, 0.1) is 28.6 Å². The monoisotopic (exact) mass is 371 g/mol. The number of carbonyl (C=O) groups excluding carboxylic acids is 2. The van der Waals surface area contributed by atoms with Crippen LogP contribution in [-0.4, -0.2) is 18.5 Å². The van der Waals surface area contributed by atoms with E-state index in [1.54, 1.807) is 31.2 Å². The van der Waals surface area contributed by atoms with E-state index in [-0.39, 0.29) is 18.9 Å². The van der Waals surface area contributed by atoms with E-state index in [4.69, 9.17) is 27.9 Å². The number of hydrogen-bond acceptors (Lipinski definition) is 4. The van der Waals surface area contributed by atoms with Crippen molar-refractivity contribution >= 4 is 51.4 Å². The van der Waals surface area contributed by atoms with Crippen LogP contribution >= 0.6 is 34.5 Å². The van der Waals surface area contributed by atoms with Gasteiger partial charge in [0.1, 0.15) is 5.00 Å². The molecule has 2 rings (SSSR count). The molecular weight excluding hydrogens is 357 g/mol. The largest absolute Gasteiger partial charge is 0.462 e. The topological polar surface area (TPSA) is 55.4 Å². The van der Waals surface area contributed by atoms with Gasteiger partial charge in [0.2, 0.25) is 5.91 Å². The molecule has 0 aliphatic rings. The summed E-state index contributed by atoms with van der Waals surface area (Å²) < 4.78 is 5.00. The molecule has 0 aliphatic heterocycles. The van der Waals surface area contributed by atoms with Crippen LogP contribution in [0.5, 0.6) is 0 Å². The minimum absolute atomic E-state index is 0.135. The molecule has 0 spiro atoms. The van der Waals surface area contributed by atoms with Crippen molar-refractivity contribution in [2.75, 3.05) is 11.9 Å². The molecule has 1 N–H and O–H groups in total. The lowest BCUT2D eigenvalue weighted by Crippen LogP contribution is -2.16. The summed E-state index contributed by atoms with van der Waals surface area (Å²) in [6.07, 6.45) is 0.135. The first-order chi connectivity index (χ1) is 10.9. The van der Waals surface area contributed by atoms with Crippen molar-refractivity contribution in [2.45, 2.75) is 20.3 Å². The maximum absolute atomic E-state index is 12.2. The number of hydrogen-bond donors (Lipinski definition) is 1. The number of nitrogens with one attached hydrogen (secondary N) is 1. The van der Waals surface area contributed by atoms with E-state index in [1.165, 1.54) is 11.3 Å². The zero-order valence-corrected chi connectivity index (χ0v) is 14.9. The van der Waals surface area contributed by atoms with Crippen molar-refractivity contribution in [2.24, 2.45) is 0 Å². The summed E-state index contributed by atoms with van der Waals surface area (Å²) in [5, 5.41) is 4.09. The summed E-state index contributed by atoms with van der Waals surface area (Å²) in [5.41, 5.74) is 1.11. The van der Waals surface area contributed by atoms with Gasteiger partial charge in [-0.1, -0.05) is 29.3 Å². The van der Waals surface area contributed by atoms with Crippen molar-refractivity contribution < 1.29 is 14.3 Å². The average molecular weight is 372 g/mol. The number of aryl methyl sites for hydroxylation is 1. The first-order valence-electron chi connectivity index (χ1n) is 6.92. The lowest BCUT2D eigenvalue weighted by Gasteiger charge is -2.07. The summed E-state index contributed by atoms with van der Waals surface area (Å²) in [6, 6.07) is 6.73. The average Bonchev–Trinajstić information content (AvgIpc) is 2.84. The highest BCUT2D eigenvalue weighted by Crippen LogP contribution is 2.29. The van der Waals surface area contributed by atoms with E-state index in [1.807, 2.05) is 6.92 Å². The fraction of sp³-hybridized carbons (Fsp3) is 0.250. The van der Waals surface area contributed by atoms with Crippen LogP contribution in [0, 0.1) is 6.92 Å². The van der Waals surface area contributed by atoms with Crippen LogP contribution in [0.2, 0.25) is 10.0 Å². The lowest BCUT2D eigenvalue weighted by molar-refractivity contribution is -0.115. The molecule has 1 amide bonds. The minimum Gasteiger partial charge on any atom is -0.462 e. The molecule has 0 radical (unpaired) electrons. The number of esters is 1. The van der Waals surface area contributed by atoms with E-state index >= 15 is 0 Å². The zero-order valence-electron chi connectivity index (χ0n) is 12.6. The number of rotatable bonds is 5. The molecule has 1 heterocycles. The first kappa shape index (κ1) is 17.8. The molecule has 0 saturated carbocycles. The number of benzene rings is 1. The SMILES string of the molecule is CCOC(=O)c1cc(C)sc1NC(=O)Cc1ccc(Cl)c(Cl)c1. The second-order valence-corrected chi connectivity index (χ2v) is 6.86. The molecule has 4 nitrogen and oxygen atoms in total. The van der Waals surface area contributed by atoms with Crippen molar-refractivity contribution in [1.29, 1.82) is 0 Å². The number of ether oxygens (including phenoxy) is 1. The van der Waals surface area contributed by atoms with Crippen LogP contribution < -0.4 is 5.32 Å². The Bertz CT molecular complexity index is 743. The van der Waals surface area contributed by atoms with E-state index in [0.29, 0.717) is 20.6 Å². The molecule has 0 fully saturated rings. The van der Waals surface area contributed by atoms with Gasteiger partial charge in [0.15, 0.2) is 0 Å². The molecule has 2 aromatic rings. The third kappa shape index (κ3) is 4.70. The van der Waals surface area contributed by atoms with E-state index < -0.39 is 5.97 Å². The fourth-order valence-corrected chi connectivity index (χ4v) is 3.21. The Morgan fingerprint density at radius 1 is 1.22 bits per heavy atom. The third-order valence-corrected chi connectivity index (χ3v) is 4.66. The van der Waals surface area contributed by atoms with Gasteiger partial charge >= 0.3 is 5.97 Å². The number of halogens is 2. The maximum Gasteiger partial charge on any atom is 0.341 e. The normalized spacial score (nSPS) is 10.4. The number of anilines is 1. The maximum atomic E-state index is 12.2.